The van der Waals surface area contributed by atoms with E-state index in [1.54, 1.807) is 6.92 Å². The summed E-state index contributed by atoms with van der Waals surface area (Å²) >= 11 is 0. The summed E-state index contributed by atoms with van der Waals surface area (Å²) in [5.74, 6) is -1.35. The third-order valence-corrected chi connectivity index (χ3v) is 2.76. The fourth-order valence-corrected chi connectivity index (χ4v) is 1.57. The van der Waals surface area contributed by atoms with Crippen LogP contribution in [0, 0.1) is 0 Å². The SMILES string of the molecule is CC[C@H](NC(=O)NCCCS(N)(=O)=O)C(=O)O. The first-order valence-electron chi connectivity index (χ1n) is 5.04. The molecule has 0 spiro atoms. The Morgan fingerprint density at radius 2 is 2.00 bits per heavy atom. The molecule has 8 nitrogen and oxygen atoms in total. The van der Waals surface area contributed by atoms with Gasteiger partial charge in [0, 0.05) is 6.54 Å². The van der Waals surface area contributed by atoms with Crippen LogP contribution in [0.1, 0.15) is 19.8 Å². The zero-order valence-electron chi connectivity index (χ0n) is 9.47. The quantitative estimate of drug-likeness (QED) is 0.430. The van der Waals surface area contributed by atoms with Crippen LogP contribution in [0.5, 0.6) is 0 Å². The zero-order valence-corrected chi connectivity index (χ0v) is 10.3. The minimum atomic E-state index is -3.53. The van der Waals surface area contributed by atoms with Crippen molar-refractivity contribution in [1.29, 1.82) is 0 Å². The first-order chi connectivity index (χ1) is 7.76. The molecule has 100 valence electrons. The molecule has 0 aliphatic rings. The van der Waals surface area contributed by atoms with Gasteiger partial charge in [0.25, 0.3) is 0 Å². The number of urea groups is 1. The standard InChI is InChI=1S/C8H17N3O5S/c1-2-6(7(12)13)11-8(14)10-4-3-5-17(9,15)16/h6H,2-5H2,1H3,(H,12,13)(H2,9,15,16)(H2,10,11,14)/t6-/m0/s1. The van der Waals surface area contributed by atoms with Gasteiger partial charge in [0.05, 0.1) is 5.75 Å². The van der Waals surface area contributed by atoms with Gasteiger partial charge in [-0.3, -0.25) is 0 Å². The van der Waals surface area contributed by atoms with Gasteiger partial charge in [-0.05, 0) is 12.8 Å². The van der Waals surface area contributed by atoms with Crippen LogP contribution >= 0.6 is 0 Å². The van der Waals surface area contributed by atoms with Gasteiger partial charge >= 0.3 is 12.0 Å². The highest BCUT2D eigenvalue weighted by molar-refractivity contribution is 7.89. The molecule has 0 rings (SSSR count). The number of hydrogen-bond donors (Lipinski definition) is 4. The molecule has 0 radical (unpaired) electrons. The van der Waals surface area contributed by atoms with Crippen molar-refractivity contribution < 1.29 is 23.1 Å². The van der Waals surface area contributed by atoms with E-state index in [2.05, 4.69) is 10.6 Å². The summed E-state index contributed by atoms with van der Waals surface area (Å²) < 4.78 is 21.1. The summed E-state index contributed by atoms with van der Waals surface area (Å²) in [6, 6.07) is -1.60. The van der Waals surface area contributed by atoms with Crippen molar-refractivity contribution in [3.8, 4) is 0 Å². The predicted molar refractivity (Wildman–Crippen MR) is 60.8 cm³/mol. The molecule has 2 amide bonds. The fourth-order valence-electron chi connectivity index (χ4n) is 1.02. The average Bonchev–Trinajstić information content (AvgIpc) is 2.19. The highest BCUT2D eigenvalue weighted by Crippen LogP contribution is 1.90. The van der Waals surface area contributed by atoms with Crippen molar-refractivity contribution in [1.82, 2.24) is 10.6 Å². The highest BCUT2D eigenvalue weighted by atomic mass is 32.2. The summed E-state index contributed by atoms with van der Waals surface area (Å²) in [5, 5.41) is 18.0. The van der Waals surface area contributed by atoms with Crippen molar-refractivity contribution in [2.45, 2.75) is 25.8 Å². The fraction of sp³-hybridized carbons (Fsp3) is 0.750. The Bertz CT molecular complexity index is 367. The topological polar surface area (TPSA) is 139 Å². The molecule has 0 unspecified atom stereocenters. The molecule has 0 aromatic heterocycles. The van der Waals surface area contributed by atoms with Gasteiger partial charge in [-0.1, -0.05) is 6.92 Å². The molecule has 1 atom stereocenters. The van der Waals surface area contributed by atoms with Crippen LogP contribution in [0.3, 0.4) is 0 Å². The monoisotopic (exact) mass is 267 g/mol. The maximum absolute atomic E-state index is 11.2. The second-order valence-corrected chi connectivity index (χ2v) is 5.15. The Balaban J connectivity index is 3.84. The lowest BCUT2D eigenvalue weighted by Gasteiger charge is -2.12. The Morgan fingerprint density at radius 1 is 1.41 bits per heavy atom. The van der Waals surface area contributed by atoms with E-state index >= 15 is 0 Å². The summed E-state index contributed by atoms with van der Waals surface area (Å²) in [7, 11) is -3.53. The Labute approximate surface area is 99.6 Å². The van der Waals surface area contributed by atoms with Gasteiger partial charge in [0.2, 0.25) is 10.0 Å². The largest absolute Gasteiger partial charge is 0.480 e. The number of carbonyl (C=O) groups excluding carboxylic acids is 1. The lowest BCUT2D eigenvalue weighted by molar-refractivity contribution is -0.139. The molecule has 5 N–H and O–H groups in total. The van der Waals surface area contributed by atoms with E-state index in [1.807, 2.05) is 0 Å². The van der Waals surface area contributed by atoms with Crippen LogP contribution in [0.15, 0.2) is 0 Å². The van der Waals surface area contributed by atoms with Gasteiger partial charge in [-0.25, -0.2) is 23.1 Å². The molecule has 0 saturated heterocycles. The number of carboxylic acid groups (broad SMARTS) is 1. The number of sulfonamides is 1. The molecule has 0 aliphatic heterocycles. The molecular weight excluding hydrogens is 250 g/mol. The number of nitrogens with one attached hydrogen (secondary N) is 2. The number of carboxylic acids is 1. The number of aliphatic carboxylic acids is 1. The number of carbonyl (C=O) groups is 2. The minimum Gasteiger partial charge on any atom is -0.480 e. The third-order valence-electron chi connectivity index (χ3n) is 1.90. The predicted octanol–water partition coefficient (Wildman–Crippen LogP) is -1.17. The number of nitrogens with two attached hydrogens (primary N) is 1. The first-order valence-corrected chi connectivity index (χ1v) is 6.75. The molecule has 17 heavy (non-hydrogen) atoms. The molecule has 0 aliphatic carbocycles. The van der Waals surface area contributed by atoms with Crippen molar-refractivity contribution in [2.24, 2.45) is 5.14 Å². The first kappa shape index (κ1) is 15.7. The van der Waals surface area contributed by atoms with Crippen LogP contribution < -0.4 is 15.8 Å². The second kappa shape index (κ2) is 7.07. The van der Waals surface area contributed by atoms with Gasteiger partial charge in [0.15, 0.2) is 0 Å². The summed E-state index contributed by atoms with van der Waals surface area (Å²) in [5.41, 5.74) is 0. The van der Waals surface area contributed by atoms with Gasteiger partial charge < -0.3 is 15.7 Å². The van der Waals surface area contributed by atoms with E-state index in [-0.39, 0.29) is 25.1 Å². The third kappa shape index (κ3) is 8.46. The number of rotatable bonds is 7. The van der Waals surface area contributed by atoms with E-state index in [0.29, 0.717) is 0 Å². The maximum Gasteiger partial charge on any atom is 0.326 e. The molecule has 0 bridgehead atoms. The van der Waals surface area contributed by atoms with Gasteiger partial charge in [0.1, 0.15) is 6.04 Å². The van der Waals surface area contributed by atoms with Crippen LogP contribution in [-0.4, -0.2) is 43.9 Å². The van der Waals surface area contributed by atoms with E-state index in [0.717, 1.165) is 0 Å². The van der Waals surface area contributed by atoms with E-state index in [1.165, 1.54) is 0 Å². The summed E-state index contributed by atoms with van der Waals surface area (Å²) in [6.07, 6.45) is 0.441. The van der Waals surface area contributed by atoms with Crippen molar-refractivity contribution in [3.63, 3.8) is 0 Å². The molecule has 0 heterocycles. The normalized spacial score (nSPS) is 12.8. The van der Waals surface area contributed by atoms with E-state index in [4.69, 9.17) is 10.2 Å². The Kier molecular flexibility index (Phi) is 6.51. The molecule has 0 aromatic rings. The maximum atomic E-state index is 11.2. The summed E-state index contributed by atoms with van der Waals surface area (Å²) in [4.78, 5) is 21.8. The lowest BCUT2D eigenvalue weighted by atomic mass is 10.2. The molecule has 9 heteroatoms. The number of hydrogen-bond acceptors (Lipinski definition) is 4. The molecular formula is C8H17N3O5S. The van der Waals surface area contributed by atoms with Crippen LogP contribution in [-0.2, 0) is 14.8 Å². The Morgan fingerprint density at radius 3 is 2.41 bits per heavy atom. The molecule has 0 fully saturated rings. The average molecular weight is 267 g/mol. The summed E-state index contributed by atoms with van der Waals surface area (Å²) in [6.45, 7) is 1.73. The zero-order chi connectivity index (χ0) is 13.5. The minimum absolute atomic E-state index is 0.109. The number of amides is 2. The van der Waals surface area contributed by atoms with E-state index in [9.17, 15) is 18.0 Å². The van der Waals surface area contributed by atoms with Crippen molar-refractivity contribution in [2.75, 3.05) is 12.3 Å². The lowest BCUT2D eigenvalue weighted by Crippen LogP contribution is -2.46. The highest BCUT2D eigenvalue weighted by Gasteiger charge is 2.16. The van der Waals surface area contributed by atoms with Crippen LogP contribution in [0.25, 0.3) is 0 Å². The Hall–Kier alpha value is -1.35. The van der Waals surface area contributed by atoms with Gasteiger partial charge in [-0.15, -0.1) is 0 Å². The van der Waals surface area contributed by atoms with Crippen molar-refractivity contribution >= 4 is 22.0 Å². The van der Waals surface area contributed by atoms with Crippen LogP contribution in [0.4, 0.5) is 4.79 Å². The molecule has 0 saturated carbocycles. The smallest absolute Gasteiger partial charge is 0.326 e. The van der Waals surface area contributed by atoms with Crippen LogP contribution in [0.2, 0.25) is 0 Å². The molecule has 0 aromatic carbocycles. The second-order valence-electron chi connectivity index (χ2n) is 3.42. The number of primary sulfonamides is 1. The van der Waals surface area contributed by atoms with Crippen molar-refractivity contribution in [3.05, 3.63) is 0 Å². The van der Waals surface area contributed by atoms with Gasteiger partial charge in [-0.2, -0.15) is 0 Å². The van der Waals surface area contributed by atoms with E-state index < -0.39 is 28.1 Å².